The number of esters is 1. The van der Waals surface area contributed by atoms with E-state index in [-0.39, 0.29) is 18.3 Å². The summed E-state index contributed by atoms with van der Waals surface area (Å²) < 4.78 is 10.5. The van der Waals surface area contributed by atoms with Crippen LogP contribution in [0, 0.1) is 0 Å². The number of Topliss-reactive ketones (excluding diaryl/α,β-unsaturated/α-hetero) is 1. The molecule has 0 saturated heterocycles. The predicted molar refractivity (Wildman–Crippen MR) is 138 cm³/mol. The van der Waals surface area contributed by atoms with Gasteiger partial charge in [-0.2, -0.15) is 0 Å². The quantitative estimate of drug-likeness (QED) is 0.433. The van der Waals surface area contributed by atoms with Gasteiger partial charge in [-0.25, -0.2) is 4.79 Å². The lowest BCUT2D eigenvalue weighted by atomic mass is 9.71. The Kier molecular flexibility index (Phi) is 7.63. The zero-order valence-electron chi connectivity index (χ0n) is 20.6. The van der Waals surface area contributed by atoms with Crippen molar-refractivity contribution in [1.29, 1.82) is 0 Å². The number of ketones is 1. The second-order valence-corrected chi connectivity index (χ2v) is 9.62. The fraction of sp³-hybridized carbons (Fsp3) is 0.357. The Balaban J connectivity index is 1.74. The molecule has 0 radical (unpaired) electrons. The molecule has 4 rings (SSSR count). The van der Waals surface area contributed by atoms with Crippen molar-refractivity contribution < 1.29 is 19.1 Å². The van der Waals surface area contributed by atoms with Crippen molar-refractivity contribution >= 4 is 29.0 Å². The summed E-state index contributed by atoms with van der Waals surface area (Å²) in [6.45, 7) is 2.33. The third-order valence-corrected chi connectivity index (χ3v) is 6.90. The molecule has 0 fully saturated rings. The van der Waals surface area contributed by atoms with Gasteiger partial charge < -0.3 is 19.7 Å². The van der Waals surface area contributed by atoms with E-state index in [4.69, 9.17) is 21.1 Å². The molecule has 0 unspecified atom stereocenters. The molecule has 1 N–H and O–H groups in total. The van der Waals surface area contributed by atoms with Gasteiger partial charge in [0, 0.05) is 61.2 Å². The molecule has 0 bridgehead atoms. The predicted octanol–water partition coefficient (Wildman–Crippen LogP) is 4.96. The van der Waals surface area contributed by atoms with Gasteiger partial charge >= 0.3 is 5.97 Å². The van der Waals surface area contributed by atoms with Gasteiger partial charge in [-0.15, -0.1) is 0 Å². The van der Waals surface area contributed by atoms with Crippen LogP contribution >= 0.6 is 11.6 Å². The van der Waals surface area contributed by atoms with Crippen LogP contribution in [0.25, 0.3) is 0 Å². The Labute approximate surface area is 211 Å². The van der Waals surface area contributed by atoms with Crippen molar-refractivity contribution in [2.24, 2.45) is 0 Å². The SMILES string of the molecule is COCCOC(=O)C1=C(C)NC2=C(C(=O)C[C@H](c3ccc(Cl)cc3)C2)[C@@H]1c1ccc(N(C)C)cc1. The fourth-order valence-corrected chi connectivity index (χ4v) is 5.00. The lowest BCUT2D eigenvalue weighted by molar-refractivity contribution is -0.140. The number of benzene rings is 2. The number of halogens is 1. The second-order valence-electron chi connectivity index (χ2n) is 9.18. The largest absolute Gasteiger partial charge is 0.460 e. The van der Waals surface area contributed by atoms with E-state index in [1.807, 2.05) is 74.4 Å². The highest BCUT2D eigenvalue weighted by molar-refractivity contribution is 6.30. The molecule has 35 heavy (non-hydrogen) atoms. The van der Waals surface area contributed by atoms with Gasteiger partial charge in [-0.05, 0) is 54.7 Å². The van der Waals surface area contributed by atoms with Crippen molar-refractivity contribution in [3.05, 3.63) is 87.2 Å². The third kappa shape index (κ3) is 5.29. The zero-order chi connectivity index (χ0) is 25.1. The molecule has 6 nitrogen and oxygen atoms in total. The van der Waals surface area contributed by atoms with Gasteiger partial charge in [-0.3, -0.25) is 4.79 Å². The summed E-state index contributed by atoms with van der Waals surface area (Å²) in [5.41, 5.74) is 5.70. The van der Waals surface area contributed by atoms with E-state index >= 15 is 0 Å². The number of carbonyl (C=O) groups is 2. The monoisotopic (exact) mass is 494 g/mol. The maximum atomic E-state index is 13.6. The number of methoxy groups -OCH3 is 1. The number of nitrogens with one attached hydrogen (secondary N) is 1. The molecule has 2 atom stereocenters. The van der Waals surface area contributed by atoms with Crippen LogP contribution in [0.4, 0.5) is 5.69 Å². The smallest absolute Gasteiger partial charge is 0.336 e. The van der Waals surface area contributed by atoms with Crippen LogP contribution < -0.4 is 10.2 Å². The first-order valence-electron chi connectivity index (χ1n) is 11.7. The van der Waals surface area contributed by atoms with Crippen LogP contribution in [-0.4, -0.2) is 46.2 Å². The lowest BCUT2D eigenvalue weighted by Crippen LogP contribution is -2.36. The van der Waals surface area contributed by atoms with Crippen molar-refractivity contribution in [3.63, 3.8) is 0 Å². The summed E-state index contributed by atoms with van der Waals surface area (Å²) in [6, 6.07) is 15.7. The number of carbonyl (C=O) groups excluding carboxylic acids is 2. The summed E-state index contributed by atoms with van der Waals surface area (Å²) in [7, 11) is 5.51. The minimum atomic E-state index is -0.490. The van der Waals surface area contributed by atoms with E-state index in [1.54, 1.807) is 7.11 Å². The first-order valence-corrected chi connectivity index (χ1v) is 12.1. The van der Waals surface area contributed by atoms with E-state index in [1.165, 1.54) is 0 Å². The maximum Gasteiger partial charge on any atom is 0.336 e. The van der Waals surface area contributed by atoms with E-state index < -0.39 is 11.9 Å². The third-order valence-electron chi connectivity index (χ3n) is 6.65. The molecule has 0 spiro atoms. The highest BCUT2D eigenvalue weighted by atomic mass is 35.5. The molecule has 0 amide bonds. The minimum absolute atomic E-state index is 0.0371. The topological polar surface area (TPSA) is 67.9 Å². The van der Waals surface area contributed by atoms with Crippen LogP contribution in [-0.2, 0) is 19.1 Å². The molecule has 0 aromatic heterocycles. The van der Waals surface area contributed by atoms with Crippen molar-refractivity contribution in [2.45, 2.75) is 31.6 Å². The molecular weight excluding hydrogens is 464 g/mol. The Bertz CT molecular complexity index is 1170. The fourth-order valence-electron chi connectivity index (χ4n) is 4.87. The van der Waals surface area contributed by atoms with Gasteiger partial charge in [0.05, 0.1) is 12.2 Å². The van der Waals surface area contributed by atoms with E-state index in [9.17, 15) is 9.59 Å². The van der Waals surface area contributed by atoms with Gasteiger partial charge in [0.2, 0.25) is 0 Å². The Morgan fingerprint density at radius 3 is 2.31 bits per heavy atom. The number of ether oxygens (including phenoxy) is 2. The summed E-state index contributed by atoms with van der Waals surface area (Å²) in [5.74, 6) is -0.843. The van der Waals surface area contributed by atoms with Gasteiger partial charge in [0.1, 0.15) is 6.61 Å². The lowest BCUT2D eigenvalue weighted by Gasteiger charge is -2.36. The van der Waals surface area contributed by atoms with Crippen LogP contribution in [0.3, 0.4) is 0 Å². The number of allylic oxidation sites excluding steroid dienone is 3. The van der Waals surface area contributed by atoms with Crippen LogP contribution in [0.2, 0.25) is 5.02 Å². The number of hydrogen-bond donors (Lipinski definition) is 1. The molecule has 0 saturated carbocycles. The first-order chi connectivity index (χ1) is 16.8. The Morgan fingerprint density at radius 1 is 1.03 bits per heavy atom. The van der Waals surface area contributed by atoms with E-state index in [0.29, 0.717) is 41.3 Å². The van der Waals surface area contributed by atoms with E-state index in [2.05, 4.69) is 5.32 Å². The summed E-state index contributed by atoms with van der Waals surface area (Å²) >= 11 is 6.07. The maximum absolute atomic E-state index is 13.6. The van der Waals surface area contributed by atoms with Gasteiger partial charge in [0.15, 0.2) is 5.78 Å². The van der Waals surface area contributed by atoms with Crippen molar-refractivity contribution in [2.75, 3.05) is 39.3 Å². The molecule has 184 valence electrons. The number of anilines is 1. The molecule has 7 heteroatoms. The number of dihydropyridines is 1. The van der Waals surface area contributed by atoms with Crippen LogP contribution in [0.1, 0.15) is 42.7 Å². The van der Waals surface area contributed by atoms with Gasteiger partial charge in [-0.1, -0.05) is 35.9 Å². The van der Waals surface area contributed by atoms with E-state index in [0.717, 1.165) is 22.5 Å². The number of rotatable bonds is 7. The molecule has 1 heterocycles. The molecule has 1 aliphatic carbocycles. The summed E-state index contributed by atoms with van der Waals surface area (Å²) in [4.78, 5) is 28.9. The standard InChI is InChI=1S/C28H31ClN2O4/c1-17-25(28(33)35-14-13-34-4)26(19-7-11-22(12-8-19)31(2)3)27-23(30-17)15-20(16-24(27)32)18-5-9-21(29)10-6-18/h5-12,20,26,30H,13-16H2,1-4H3/t20-,26-/m1/s1. The normalized spacial score (nSPS) is 19.9. The average molecular weight is 495 g/mol. The molecule has 2 aromatic carbocycles. The van der Waals surface area contributed by atoms with Crippen molar-refractivity contribution in [1.82, 2.24) is 5.32 Å². The summed E-state index contributed by atoms with van der Waals surface area (Å²) in [5, 5.41) is 4.05. The molecule has 1 aliphatic heterocycles. The first kappa shape index (κ1) is 25.0. The molecule has 2 aliphatic rings. The van der Waals surface area contributed by atoms with Crippen LogP contribution in [0.15, 0.2) is 71.1 Å². The highest BCUT2D eigenvalue weighted by Gasteiger charge is 2.41. The number of hydrogen-bond acceptors (Lipinski definition) is 6. The highest BCUT2D eigenvalue weighted by Crippen LogP contribution is 2.46. The second kappa shape index (κ2) is 10.7. The van der Waals surface area contributed by atoms with Gasteiger partial charge in [0.25, 0.3) is 0 Å². The summed E-state index contributed by atoms with van der Waals surface area (Å²) in [6.07, 6.45) is 1.05. The Morgan fingerprint density at radius 2 is 1.69 bits per heavy atom. The Hall–Kier alpha value is -3.09. The molecular formula is C28H31ClN2O4. The minimum Gasteiger partial charge on any atom is -0.460 e. The molecule has 2 aromatic rings. The average Bonchev–Trinajstić information content (AvgIpc) is 2.83. The van der Waals surface area contributed by atoms with Crippen molar-refractivity contribution in [3.8, 4) is 0 Å². The van der Waals surface area contributed by atoms with Crippen LogP contribution in [0.5, 0.6) is 0 Å². The zero-order valence-corrected chi connectivity index (χ0v) is 21.3. The number of nitrogens with zero attached hydrogens (tertiary/aromatic N) is 1.